The summed E-state index contributed by atoms with van der Waals surface area (Å²) in [5, 5.41) is 2.42. The van der Waals surface area contributed by atoms with Crippen molar-refractivity contribution < 1.29 is 13.6 Å². The zero-order chi connectivity index (χ0) is 14.9. The van der Waals surface area contributed by atoms with Gasteiger partial charge in [-0.25, -0.2) is 8.78 Å². The van der Waals surface area contributed by atoms with Crippen molar-refractivity contribution in [3.63, 3.8) is 0 Å². The van der Waals surface area contributed by atoms with Crippen molar-refractivity contribution in [2.24, 2.45) is 0 Å². The van der Waals surface area contributed by atoms with Crippen LogP contribution in [0, 0.1) is 18.6 Å². The van der Waals surface area contributed by atoms with Crippen molar-refractivity contribution in [3.05, 3.63) is 57.6 Å². The Morgan fingerprint density at radius 1 is 1.20 bits per heavy atom. The van der Waals surface area contributed by atoms with Gasteiger partial charge in [0.2, 0.25) is 0 Å². The van der Waals surface area contributed by atoms with E-state index in [0.717, 1.165) is 5.56 Å². The molecule has 2 rings (SSSR count). The maximum atomic E-state index is 13.6. The molecular formula is C14H10BrF2NOS. The molecule has 0 spiro atoms. The summed E-state index contributed by atoms with van der Waals surface area (Å²) in [6.07, 6.45) is 0. The van der Waals surface area contributed by atoms with E-state index in [1.165, 1.54) is 6.07 Å². The van der Waals surface area contributed by atoms with Gasteiger partial charge in [0.1, 0.15) is 11.6 Å². The summed E-state index contributed by atoms with van der Waals surface area (Å²) < 4.78 is 26.8. The summed E-state index contributed by atoms with van der Waals surface area (Å²) in [6.45, 7) is 1.76. The molecule has 0 saturated carbocycles. The van der Waals surface area contributed by atoms with Crippen molar-refractivity contribution >= 4 is 40.2 Å². The summed E-state index contributed by atoms with van der Waals surface area (Å²) in [5.74, 6) is -2.04. The fraction of sp³-hybridized carbons (Fsp3) is 0.0714. The Bertz CT molecular complexity index is 691. The van der Waals surface area contributed by atoms with Crippen LogP contribution in [0.2, 0.25) is 0 Å². The van der Waals surface area contributed by atoms with Gasteiger partial charge in [-0.05, 0) is 46.6 Å². The lowest BCUT2D eigenvalue weighted by Gasteiger charge is -2.10. The number of hydrogen-bond donors (Lipinski definition) is 2. The molecule has 2 nitrogen and oxygen atoms in total. The van der Waals surface area contributed by atoms with Crippen LogP contribution in [0.4, 0.5) is 14.5 Å². The number of aryl methyl sites for hydroxylation is 1. The summed E-state index contributed by atoms with van der Waals surface area (Å²) >= 11 is 7.11. The van der Waals surface area contributed by atoms with Gasteiger partial charge in [-0.3, -0.25) is 4.79 Å². The van der Waals surface area contributed by atoms with Gasteiger partial charge in [0.25, 0.3) is 5.91 Å². The van der Waals surface area contributed by atoms with E-state index in [2.05, 4.69) is 33.9 Å². The average molecular weight is 358 g/mol. The van der Waals surface area contributed by atoms with Crippen LogP contribution in [0.3, 0.4) is 0 Å². The minimum absolute atomic E-state index is 0.0777. The Morgan fingerprint density at radius 2 is 1.90 bits per heavy atom. The van der Waals surface area contributed by atoms with E-state index >= 15 is 0 Å². The molecule has 6 heteroatoms. The lowest BCUT2D eigenvalue weighted by Crippen LogP contribution is -2.14. The standard InChI is InChI=1S/C14H10BrF2NOS/c1-7-2-3-8(20)4-9(7)14(19)18-13-5-10(15)11(16)6-12(13)17/h2-6,20H,1H3,(H,18,19). The number of carbonyl (C=O) groups excluding carboxylic acids is 1. The molecule has 0 atom stereocenters. The van der Waals surface area contributed by atoms with E-state index in [9.17, 15) is 13.6 Å². The van der Waals surface area contributed by atoms with Gasteiger partial charge in [-0.1, -0.05) is 6.07 Å². The first kappa shape index (κ1) is 15.0. The van der Waals surface area contributed by atoms with Gasteiger partial charge in [-0.15, -0.1) is 12.6 Å². The van der Waals surface area contributed by atoms with Crippen molar-refractivity contribution in [2.75, 3.05) is 5.32 Å². The van der Waals surface area contributed by atoms with Gasteiger partial charge < -0.3 is 5.32 Å². The second kappa shape index (κ2) is 5.93. The van der Waals surface area contributed by atoms with Gasteiger partial charge in [0, 0.05) is 16.5 Å². The number of halogens is 3. The molecule has 0 aliphatic rings. The second-order valence-corrected chi connectivity index (χ2v) is 5.57. The van der Waals surface area contributed by atoms with Crippen molar-refractivity contribution in [1.29, 1.82) is 0 Å². The molecule has 0 aliphatic heterocycles. The molecular weight excluding hydrogens is 348 g/mol. The zero-order valence-electron chi connectivity index (χ0n) is 10.4. The van der Waals surface area contributed by atoms with Crippen LogP contribution in [-0.4, -0.2) is 5.91 Å². The van der Waals surface area contributed by atoms with Gasteiger partial charge in [0.15, 0.2) is 0 Å². The Balaban J connectivity index is 2.32. The summed E-state index contributed by atoms with van der Waals surface area (Å²) in [4.78, 5) is 12.7. The minimum Gasteiger partial charge on any atom is -0.319 e. The normalized spacial score (nSPS) is 10.4. The van der Waals surface area contributed by atoms with Crippen molar-refractivity contribution in [1.82, 2.24) is 0 Å². The zero-order valence-corrected chi connectivity index (χ0v) is 12.9. The predicted octanol–water partition coefficient (Wildman–Crippen LogP) is 4.58. The maximum absolute atomic E-state index is 13.6. The van der Waals surface area contributed by atoms with Gasteiger partial charge >= 0.3 is 0 Å². The minimum atomic E-state index is -0.835. The van der Waals surface area contributed by atoms with Crippen LogP contribution in [0.15, 0.2) is 39.7 Å². The molecule has 0 saturated heterocycles. The van der Waals surface area contributed by atoms with Crippen LogP contribution >= 0.6 is 28.6 Å². The Kier molecular flexibility index (Phi) is 4.45. The molecule has 1 N–H and O–H groups in total. The van der Waals surface area contributed by atoms with Crippen molar-refractivity contribution in [2.45, 2.75) is 11.8 Å². The first-order valence-electron chi connectivity index (χ1n) is 5.64. The fourth-order valence-corrected chi connectivity index (χ4v) is 2.21. The lowest BCUT2D eigenvalue weighted by atomic mass is 10.1. The quantitative estimate of drug-likeness (QED) is 0.597. The molecule has 2 aromatic rings. The number of nitrogens with one attached hydrogen (secondary N) is 1. The highest BCUT2D eigenvalue weighted by Crippen LogP contribution is 2.24. The first-order valence-corrected chi connectivity index (χ1v) is 6.88. The number of anilines is 1. The molecule has 0 aliphatic carbocycles. The van der Waals surface area contributed by atoms with E-state index in [1.807, 2.05) is 0 Å². The Morgan fingerprint density at radius 3 is 2.60 bits per heavy atom. The van der Waals surface area contributed by atoms with Gasteiger partial charge in [-0.2, -0.15) is 0 Å². The summed E-state index contributed by atoms with van der Waals surface area (Å²) in [6, 6.07) is 6.98. The highest BCUT2D eigenvalue weighted by Gasteiger charge is 2.14. The van der Waals surface area contributed by atoms with Gasteiger partial charge in [0.05, 0.1) is 10.2 Å². The third-order valence-corrected chi connectivity index (χ3v) is 3.61. The fourth-order valence-electron chi connectivity index (χ4n) is 1.66. The molecule has 104 valence electrons. The monoisotopic (exact) mass is 357 g/mol. The molecule has 0 radical (unpaired) electrons. The highest BCUT2D eigenvalue weighted by atomic mass is 79.9. The van der Waals surface area contributed by atoms with Crippen molar-refractivity contribution in [3.8, 4) is 0 Å². The second-order valence-electron chi connectivity index (χ2n) is 4.20. The molecule has 0 unspecified atom stereocenters. The van der Waals surface area contributed by atoms with E-state index in [-0.39, 0.29) is 10.2 Å². The Labute approximate surface area is 128 Å². The molecule has 20 heavy (non-hydrogen) atoms. The smallest absolute Gasteiger partial charge is 0.256 e. The molecule has 2 aromatic carbocycles. The molecule has 0 aromatic heterocycles. The maximum Gasteiger partial charge on any atom is 0.256 e. The lowest BCUT2D eigenvalue weighted by molar-refractivity contribution is 0.102. The van der Waals surface area contributed by atoms with E-state index in [1.54, 1.807) is 25.1 Å². The third kappa shape index (κ3) is 3.19. The largest absolute Gasteiger partial charge is 0.319 e. The molecule has 0 bridgehead atoms. The van der Waals surface area contributed by atoms with E-state index < -0.39 is 17.5 Å². The number of carbonyl (C=O) groups is 1. The number of rotatable bonds is 2. The Hall–Kier alpha value is -1.40. The number of benzene rings is 2. The number of hydrogen-bond acceptors (Lipinski definition) is 2. The summed E-state index contributed by atoms with van der Waals surface area (Å²) in [5.41, 5.74) is 1.03. The van der Waals surface area contributed by atoms with E-state index in [4.69, 9.17) is 0 Å². The highest BCUT2D eigenvalue weighted by molar-refractivity contribution is 9.10. The topological polar surface area (TPSA) is 29.1 Å². The molecule has 0 fully saturated rings. The molecule has 1 amide bonds. The number of thiol groups is 1. The first-order chi connectivity index (χ1) is 9.38. The number of amides is 1. The van der Waals surface area contributed by atoms with Crippen LogP contribution in [0.5, 0.6) is 0 Å². The average Bonchev–Trinajstić information content (AvgIpc) is 2.38. The predicted molar refractivity (Wildman–Crippen MR) is 80.4 cm³/mol. The molecule has 0 heterocycles. The van der Waals surface area contributed by atoms with Crippen LogP contribution in [-0.2, 0) is 0 Å². The van der Waals surface area contributed by atoms with Crippen LogP contribution in [0.25, 0.3) is 0 Å². The summed E-state index contributed by atoms with van der Waals surface area (Å²) in [7, 11) is 0. The van der Waals surface area contributed by atoms with Crippen LogP contribution in [0.1, 0.15) is 15.9 Å². The van der Waals surface area contributed by atoms with E-state index in [0.29, 0.717) is 16.5 Å². The SMILES string of the molecule is Cc1ccc(S)cc1C(=O)Nc1cc(Br)c(F)cc1F. The third-order valence-electron chi connectivity index (χ3n) is 2.72. The van der Waals surface area contributed by atoms with Crippen LogP contribution < -0.4 is 5.32 Å².